The molecule has 6 nitrogen and oxygen atoms in total. The van der Waals surface area contributed by atoms with Gasteiger partial charge in [-0.1, -0.05) is 6.07 Å². The molecular weight excluding hydrogens is 280 g/mol. The quantitative estimate of drug-likeness (QED) is 0.620. The first-order valence-corrected chi connectivity index (χ1v) is 7.14. The van der Waals surface area contributed by atoms with Gasteiger partial charge in [-0.3, -0.25) is 0 Å². The summed E-state index contributed by atoms with van der Waals surface area (Å²) in [5.74, 6) is -1.39. The number of hydrogen-bond donors (Lipinski definition) is 4. The van der Waals surface area contributed by atoms with E-state index in [4.69, 9.17) is 5.11 Å². The zero-order valence-electron chi connectivity index (χ0n) is 11.6. The van der Waals surface area contributed by atoms with Gasteiger partial charge in [0.1, 0.15) is 0 Å². The summed E-state index contributed by atoms with van der Waals surface area (Å²) in [5, 5.41) is 23.2. The van der Waals surface area contributed by atoms with Crippen LogP contribution in [-0.2, 0) is 4.79 Å². The van der Waals surface area contributed by atoms with E-state index in [1.165, 1.54) is 0 Å². The van der Waals surface area contributed by atoms with Gasteiger partial charge in [-0.15, -0.1) is 11.8 Å². The number of carbonyl (C=O) groups excluding carboxylic acids is 1. The molecule has 0 aliphatic rings. The van der Waals surface area contributed by atoms with Crippen LogP contribution >= 0.6 is 11.8 Å². The summed E-state index contributed by atoms with van der Waals surface area (Å²) in [4.78, 5) is 23.4. The number of aliphatic hydroxyl groups is 1. The fourth-order valence-electron chi connectivity index (χ4n) is 1.47. The first-order valence-electron chi connectivity index (χ1n) is 5.92. The second kappa shape index (κ2) is 6.62. The molecule has 1 aromatic carbocycles. The number of nitrogens with one attached hydrogen (secondary N) is 2. The van der Waals surface area contributed by atoms with Gasteiger partial charge < -0.3 is 20.8 Å². The number of hydrogen-bond acceptors (Lipinski definition) is 4. The highest BCUT2D eigenvalue weighted by atomic mass is 32.2. The van der Waals surface area contributed by atoms with Crippen molar-refractivity contribution < 1.29 is 19.8 Å². The number of thioether (sulfide) groups is 1. The maximum Gasteiger partial charge on any atom is 0.337 e. The third kappa shape index (κ3) is 4.14. The van der Waals surface area contributed by atoms with Crippen molar-refractivity contribution in [2.75, 3.05) is 18.1 Å². The van der Waals surface area contributed by atoms with Gasteiger partial charge in [0.15, 0.2) is 5.60 Å². The third-order valence-corrected chi connectivity index (χ3v) is 3.69. The number of benzene rings is 1. The second-order valence-corrected chi connectivity index (χ2v) is 5.37. The van der Waals surface area contributed by atoms with E-state index in [1.807, 2.05) is 25.3 Å². The van der Waals surface area contributed by atoms with Gasteiger partial charge >= 0.3 is 12.0 Å². The Kier molecular flexibility index (Phi) is 5.41. The summed E-state index contributed by atoms with van der Waals surface area (Å²) in [6.07, 6.45) is 1.94. The molecule has 0 bridgehead atoms. The van der Waals surface area contributed by atoms with Crippen molar-refractivity contribution in [3.8, 4) is 0 Å². The normalized spacial score (nSPS) is 13.4. The molecule has 0 aromatic heterocycles. The largest absolute Gasteiger partial charge is 0.479 e. The van der Waals surface area contributed by atoms with Gasteiger partial charge in [0.25, 0.3) is 0 Å². The van der Waals surface area contributed by atoms with E-state index in [9.17, 15) is 14.7 Å². The topological polar surface area (TPSA) is 98.7 Å². The van der Waals surface area contributed by atoms with Crippen molar-refractivity contribution in [3.63, 3.8) is 0 Å². The average molecular weight is 298 g/mol. The number of aliphatic carboxylic acids is 1. The molecule has 0 saturated heterocycles. The number of carboxylic acid groups (broad SMARTS) is 1. The van der Waals surface area contributed by atoms with Crippen LogP contribution in [0.1, 0.15) is 12.5 Å². The molecule has 1 aromatic rings. The molecule has 0 fully saturated rings. The third-order valence-electron chi connectivity index (χ3n) is 2.81. The number of urea groups is 1. The van der Waals surface area contributed by atoms with Crippen molar-refractivity contribution in [2.24, 2.45) is 0 Å². The van der Waals surface area contributed by atoms with Gasteiger partial charge in [-0.25, -0.2) is 9.59 Å². The average Bonchev–Trinajstić information content (AvgIpc) is 2.39. The predicted molar refractivity (Wildman–Crippen MR) is 78.2 cm³/mol. The maximum absolute atomic E-state index is 11.7. The lowest BCUT2D eigenvalue weighted by atomic mass is 10.1. The number of anilines is 1. The fourth-order valence-corrected chi connectivity index (χ4v) is 2.10. The van der Waals surface area contributed by atoms with Crippen molar-refractivity contribution in [1.82, 2.24) is 5.32 Å². The molecule has 0 aliphatic heterocycles. The Balaban J connectivity index is 2.66. The minimum absolute atomic E-state index is 0.380. The van der Waals surface area contributed by atoms with Crippen LogP contribution in [0.5, 0.6) is 0 Å². The first-order chi connectivity index (χ1) is 9.27. The maximum atomic E-state index is 11.7. The van der Waals surface area contributed by atoms with Crippen LogP contribution in [0.4, 0.5) is 10.5 Å². The highest BCUT2D eigenvalue weighted by Crippen LogP contribution is 2.25. The molecule has 110 valence electrons. The number of amides is 2. The lowest BCUT2D eigenvalue weighted by Crippen LogP contribution is -2.47. The van der Waals surface area contributed by atoms with Crippen LogP contribution in [0.2, 0.25) is 0 Å². The molecule has 1 rings (SSSR count). The molecular formula is C13H18N2O4S. The lowest BCUT2D eigenvalue weighted by Gasteiger charge is -2.19. The molecule has 7 heteroatoms. The van der Waals surface area contributed by atoms with Crippen molar-refractivity contribution in [2.45, 2.75) is 24.3 Å². The zero-order valence-corrected chi connectivity index (χ0v) is 12.4. The summed E-state index contributed by atoms with van der Waals surface area (Å²) in [6.45, 7) is 2.62. The number of rotatable bonds is 5. The standard InChI is InChI=1S/C13H18N2O4S/c1-8-9(5-4-6-10(8)20-3)15-12(18)14-7-13(2,19)11(16)17/h4-6,19H,7H2,1-3H3,(H,16,17)(H2,14,15,18). The number of carbonyl (C=O) groups is 2. The zero-order chi connectivity index (χ0) is 15.3. The summed E-state index contributed by atoms with van der Waals surface area (Å²) < 4.78 is 0. The van der Waals surface area contributed by atoms with Crippen molar-refractivity contribution >= 4 is 29.4 Å². The van der Waals surface area contributed by atoms with Crippen LogP contribution in [0.3, 0.4) is 0 Å². The van der Waals surface area contributed by atoms with E-state index in [0.717, 1.165) is 17.4 Å². The van der Waals surface area contributed by atoms with Crippen LogP contribution in [0.25, 0.3) is 0 Å². The molecule has 0 saturated carbocycles. The Morgan fingerprint density at radius 3 is 2.60 bits per heavy atom. The van der Waals surface area contributed by atoms with Gasteiger partial charge in [0.05, 0.1) is 6.54 Å². The van der Waals surface area contributed by atoms with Crippen molar-refractivity contribution in [1.29, 1.82) is 0 Å². The van der Waals surface area contributed by atoms with Crippen LogP contribution in [-0.4, -0.2) is 40.6 Å². The van der Waals surface area contributed by atoms with Gasteiger partial charge in [-0.2, -0.15) is 0 Å². The van der Waals surface area contributed by atoms with Gasteiger partial charge in [0, 0.05) is 10.6 Å². The van der Waals surface area contributed by atoms with E-state index in [2.05, 4.69) is 10.6 Å². The molecule has 20 heavy (non-hydrogen) atoms. The minimum atomic E-state index is -1.99. The molecule has 2 amide bonds. The summed E-state index contributed by atoms with van der Waals surface area (Å²) in [5.41, 5.74) is -0.419. The van der Waals surface area contributed by atoms with E-state index in [-0.39, 0.29) is 6.54 Å². The summed E-state index contributed by atoms with van der Waals surface area (Å²) in [6, 6.07) is 4.96. The summed E-state index contributed by atoms with van der Waals surface area (Å²) >= 11 is 1.57. The van der Waals surface area contributed by atoms with E-state index >= 15 is 0 Å². The summed E-state index contributed by atoms with van der Waals surface area (Å²) in [7, 11) is 0. The van der Waals surface area contributed by atoms with E-state index in [0.29, 0.717) is 5.69 Å². The highest BCUT2D eigenvalue weighted by Gasteiger charge is 2.30. The Morgan fingerprint density at radius 2 is 2.05 bits per heavy atom. The molecule has 0 spiro atoms. The van der Waals surface area contributed by atoms with E-state index in [1.54, 1.807) is 17.8 Å². The molecule has 4 N–H and O–H groups in total. The molecule has 0 aliphatic carbocycles. The van der Waals surface area contributed by atoms with Crippen LogP contribution in [0, 0.1) is 6.92 Å². The Morgan fingerprint density at radius 1 is 1.40 bits per heavy atom. The van der Waals surface area contributed by atoms with Gasteiger partial charge in [0.2, 0.25) is 0 Å². The monoisotopic (exact) mass is 298 g/mol. The highest BCUT2D eigenvalue weighted by molar-refractivity contribution is 7.98. The molecule has 0 radical (unpaired) electrons. The molecule has 1 atom stereocenters. The first kappa shape index (κ1) is 16.3. The predicted octanol–water partition coefficient (Wildman–Crippen LogP) is 1.67. The number of carboxylic acids is 1. The smallest absolute Gasteiger partial charge is 0.337 e. The van der Waals surface area contributed by atoms with E-state index < -0.39 is 17.6 Å². The fraction of sp³-hybridized carbons (Fsp3) is 0.385. The van der Waals surface area contributed by atoms with Gasteiger partial charge in [-0.05, 0) is 37.8 Å². The van der Waals surface area contributed by atoms with Crippen molar-refractivity contribution in [3.05, 3.63) is 23.8 Å². The SMILES string of the molecule is CSc1cccc(NC(=O)NCC(C)(O)C(=O)O)c1C. The van der Waals surface area contributed by atoms with Crippen LogP contribution < -0.4 is 10.6 Å². The Labute approximate surface area is 121 Å². The minimum Gasteiger partial charge on any atom is -0.479 e. The second-order valence-electron chi connectivity index (χ2n) is 4.52. The Hall–Kier alpha value is -1.73. The van der Waals surface area contributed by atoms with Crippen LogP contribution in [0.15, 0.2) is 23.1 Å². The molecule has 1 unspecified atom stereocenters. The Bertz CT molecular complexity index is 517. The molecule has 0 heterocycles. The lowest BCUT2D eigenvalue weighted by molar-refractivity contribution is -0.155.